The van der Waals surface area contributed by atoms with Crippen LogP contribution in [0.5, 0.6) is 0 Å². The van der Waals surface area contributed by atoms with Crippen molar-refractivity contribution in [1.82, 2.24) is 4.90 Å². The van der Waals surface area contributed by atoms with Crippen molar-refractivity contribution >= 4 is 39.3 Å². The zero-order chi connectivity index (χ0) is 26.6. The van der Waals surface area contributed by atoms with Crippen LogP contribution < -0.4 is 5.32 Å². The summed E-state index contributed by atoms with van der Waals surface area (Å²) in [6, 6.07) is 16.6. The highest BCUT2D eigenvalue weighted by Gasteiger charge is 2.45. The largest absolute Gasteiger partial charge is 0.466 e. The second-order valence-electron chi connectivity index (χ2n) is 9.43. The van der Waals surface area contributed by atoms with Gasteiger partial charge in [-0.1, -0.05) is 36.4 Å². The molecule has 2 atom stereocenters. The van der Waals surface area contributed by atoms with E-state index in [9.17, 15) is 18.0 Å². The standard InChI is InChI=1S/C27H31ClN2O6S/c1-35-26(32)21-17-19(18-36-37(2,33)34)9-8-15-30(25(31)20-10-4-3-5-11-20)16-14-27(28)22-12-6-7-13-23(22)29-24(21)27/h3-7,10-13,19,29H,8-9,14-18H2,1-2H3/b24-21-/t19-,27?/m0/s1. The van der Waals surface area contributed by atoms with Crippen LogP contribution in [0.25, 0.3) is 0 Å². The Bertz CT molecular complexity index is 1300. The third-order valence-corrected chi connectivity index (χ3v) is 7.97. The first kappa shape index (κ1) is 27.2. The van der Waals surface area contributed by atoms with Crippen LogP contribution in [0.15, 0.2) is 65.9 Å². The van der Waals surface area contributed by atoms with Crippen molar-refractivity contribution in [1.29, 1.82) is 0 Å². The van der Waals surface area contributed by atoms with Gasteiger partial charge >= 0.3 is 5.97 Å². The summed E-state index contributed by atoms with van der Waals surface area (Å²) < 4.78 is 33.8. The molecule has 0 fully saturated rings. The van der Waals surface area contributed by atoms with E-state index >= 15 is 0 Å². The smallest absolute Gasteiger partial charge is 0.335 e. The van der Waals surface area contributed by atoms with Crippen LogP contribution in [0.3, 0.4) is 0 Å². The topological polar surface area (TPSA) is 102 Å². The summed E-state index contributed by atoms with van der Waals surface area (Å²) in [6.45, 7) is 0.714. The van der Waals surface area contributed by atoms with Gasteiger partial charge in [-0.05, 0) is 49.8 Å². The fourth-order valence-electron chi connectivity index (χ4n) is 4.98. The number of methoxy groups -OCH3 is 1. The van der Waals surface area contributed by atoms with Crippen molar-refractivity contribution in [2.45, 2.75) is 30.6 Å². The first-order chi connectivity index (χ1) is 17.6. The summed E-state index contributed by atoms with van der Waals surface area (Å²) in [4.78, 5) is 27.1. The van der Waals surface area contributed by atoms with Gasteiger partial charge in [0, 0.05) is 29.9 Å². The Labute approximate surface area is 222 Å². The Hall–Kier alpha value is -2.88. The maximum Gasteiger partial charge on any atom is 0.335 e. The third kappa shape index (κ3) is 6.17. The zero-order valence-electron chi connectivity index (χ0n) is 20.9. The van der Waals surface area contributed by atoms with Gasteiger partial charge in [0.05, 0.1) is 31.2 Å². The quantitative estimate of drug-likeness (QED) is 0.339. The number of anilines is 1. The molecule has 2 aliphatic rings. The number of esters is 1. The highest BCUT2D eigenvalue weighted by atomic mass is 35.5. The number of halogens is 1. The summed E-state index contributed by atoms with van der Waals surface area (Å²) in [5.41, 5.74) is 3.01. The van der Waals surface area contributed by atoms with E-state index in [1.165, 1.54) is 7.11 Å². The van der Waals surface area contributed by atoms with E-state index in [0.29, 0.717) is 49.2 Å². The molecule has 37 heavy (non-hydrogen) atoms. The summed E-state index contributed by atoms with van der Waals surface area (Å²) in [7, 11) is -2.38. The molecular weight excluding hydrogens is 516 g/mol. The van der Waals surface area contributed by atoms with Gasteiger partial charge in [-0.2, -0.15) is 8.42 Å². The maximum absolute atomic E-state index is 13.4. The number of hydrogen-bond acceptors (Lipinski definition) is 7. The SMILES string of the molecule is COC(=O)/C1=C2\Nc3ccccc3C2(Cl)CCN(C(=O)c2ccccc2)CCC[C@H](COS(C)(=O)=O)C1. The number of rotatable bonds is 5. The molecule has 2 aromatic carbocycles. The molecule has 0 saturated heterocycles. The van der Waals surface area contributed by atoms with Crippen LogP contribution in [0, 0.1) is 5.92 Å². The fourth-order valence-corrected chi connectivity index (χ4v) is 5.83. The summed E-state index contributed by atoms with van der Waals surface area (Å²) >= 11 is 7.38. The second kappa shape index (κ2) is 11.2. The molecule has 1 N–H and O–H groups in total. The lowest BCUT2D eigenvalue weighted by Gasteiger charge is -2.29. The number of alkyl halides is 1. The Morgan fingerprint density at radius 1 is 1.11 bits per heavy atom. The minimum absolute atomic E-state index is 0.0958. The molecule has 4 rings (SSSR count). The van der Waals surface area contributed by atoms with E-state index in [1.807, 2.05) is 42.5 Å². The average molecular weight is 547 g/mol. The predicted molar refractivity (Wildman–Crippen MR) is 142 cm³/mol. The monoisotopic (exact) mass is 546 g/mol. The van der Waals surface area contributed by atoms with E-state index in [0.717, 1.165) is 17.5 Å². The number of allylic oxidation sites excluding steroid dienone is 1. The number of amides is 1. The highest BCUT2D eigenvalue weighted by Crippen LogP contribution is 2.51. The van der Waals surface area contributed by atoms with Crippen molar-refractivity contribution in [2.75, 3.05) is 38.4 Å². The Kier molecular flexibility index (Phi) is 8.26. The molecule has 0 bridgehead atoms. The second-order valence-corrected chi connectivity index (χ2v) is 11.7. The first-order valence-corrected chi connectivity index (χ1v) is 14.4. The van der Waals surface area contributed by atoms with Crippen LogP contribution >= 0.6 is 11.6 Å². The van der Waals surface area contributed by atoms with E-state index in [4.69, 9.17) is 20.5 Å². The normalized spacial score (nSPS) is 24.3. The van der Waals surface area contributed by atoms with Crippen LogP contribution in [0.1, 0.15) is 41.6 Å². The molecular formula is C27H31ClN2O6S. The lowest BCUT2D eigenvalue weighted by atomic mass is 9.88. The Morgan fingerprint density at radius 3 is 2.51 bits per heavy atom. The molecule has 1 amide bonds. The summed E-state index contributed by atoms with van der Waals surface area (Å²) in [5.74, 6) is -0.974. The van der Waals surface area contributed by atoms with E-state index in [-0.39, 0.29) is 24.9 Å². The molecule has 0 aliphatic carbocycles. The van der Waals surface area contributed by atoms with Crippen LogP contribution in [-0.4, -0.2) is 58.3 Å². The number of para-hydroxylation sites is 1. The van der Waals surface area contributed by atoms with E-state index in [1.54, 1.807) is 17.0 Å². The van der Waals surface area contributed by atoms with Crippen molar-refractivity contribution in [2.24, 2.45) is 5.92 Å². The minimum Gasteiger partial charge on any atom is -0.466 e. The first-order valence-electron chi connectivity index (χ1n) is 12.2. The molecule has 0 radical (unpaired) electrons. The van der Waals surface area contributed by atoms with Gasteiger partial charge in [-0.15, -0.1) is 11.6 Å². The lowest BCUT2D eigenvalue weighted by Crippen LogP contribution is -2.36. The predicted octanol–water partition coefficient (Wildman–Crippen LogP) is 4.28. The van der Waals surface area contributed by atoms with Gasteiger partial charge in [0.15, 0.2) is 0 Å². The maximum atomic E-state index is 13.4. The average Bonchev–Trinajstić information content (AvgIpc) is 3.17. The molecule has 8 nitrogen and oxygen atoms in total. The molecule has 198 valence electrons. The van der Waals surface area contributed by atoms with Gasteiger partial charge < -0.3 is 15.0 Å². The number of nitrogens with zero attached hydrogens (tertiary/aromatic N) is 1. The highest BCUT2D eigenvalue weighted by molar-refractivity contribution is 7.85. The molecule has 0 spiro atoms. The molecule has 2 heterocycles. The number of carbonyl (C=O) groups is 2. The summed E-state index contributed by atoms with van der Waals surface area (Å²) in [5, 5.41) is 3.33. The molecule has 0 aromatic heterocycles. The van der Waals surface area contributed by atoms with Crippen molar-refractivity contribution in [3.8, 4) is 0 Å². The Morgan fingerprint density at radius 2 is 1.81 bits per heavy atom. The lowest BCUT2D eigenvalue weighted by molar-refractivity contribution is -0.136. The zero-order valence-corrected chi connectivity index (χ0v) is 22.5. The van der Waals surface area contributed by atoms with Crippen LogP contribution in [-0.2, 0) is 28.7 Å². The molecule has 2 aliphatic heterocycles. The number of fused-ring (bicyclic) bond motifs is 3. The summed E-state index contributed by atoms with van der Waals surface area (Å²) in [6.07, 6.45) is 2.69. The van der Waals surface area contributed by atoms with Gasteiger partial charge in [0.1, 0.15) is 4.87 Å². The van der Waals surface area contributed by atoms with Crippen molar-refractivity contribution in [3.63, 3.8) is 0 Å². The number of carbonyl (C=O) groups excluding carboxylic acids is 2. The van der Waals surface area contributed by atoms with Crippen LogP contribution in [0.2, 0.25) is 0 Å². The fraction of sp³-hybridized carbons (Fsp3) is 0.407. The van der Waals surface area contributed by atoms with Crippen LogP contribution in [0.4, 0.5) is 5.69 Å². The molecule has 1 unspecified atom stereocenters. The van der Waals surface area contributed by atoms with Gasteiger partial charge in [-0.3, -0.25) is 8.98 Å². The van der Waals surface area contributed by atoms with Gasteiger partial charge in [-0.25, -0.2) is 4.79 Å². The number of benzene rings is 2. The van der Waals surface area contributed by atoms with E-state index < -0.39 is 21.0 Å². The Balaban J connectivity index is 1.78. The van der Waals surface area contributed by atoms with Gasteiger partial charge in [0.2, 0.25) is 0 Å². The number of nitrogens with one attached hydrogen (secondary N) is 1. The molecule has 0 saturated carbocycles. The number of ether oxygens (including phenoxy) is 1. The molecule has 2 aromatic rings. The third-order valence-electron chi connectivity index (χ3n) is 6.83. The minimum atomic E-state index is -3.68. The number of hydrogen-bond donors (Lipinski definition) is 1. The van der Waals surface area contributed by atoms with Crippen molar-refractivity contribution in [3.05, 3.63) is 77.0 Å². The van der Waals surface area contributed by atoms with Gasteiger partial charge in [0.25, 0.3) is 16.0 Å². The molecule has 10 heteroatoms. The van der Waals surface area contributed by atoms with Crippen molar-refractivity contribution < 1.29 is 26.9 Å². The van der Waals surface area contributed by atoms with E-state index in [2.05, 4.69) is 5.32 Å².